The van der Waals surface area contributed by atoms with Crippen LogP contribution in [0.15, 0.2) is 206 Å². The molecule has 59 heavy (non-hydrogen) atoms. The van der Waals surface area contributed by atoms with Gasteiger partial charge in [-0.1, -0.05) is 279 Å². The summed E-state index contributed by atoms with van der Waals surface area (Å²) < 4.78 is 8.50. The molecule has 0 spiro atoms. The Morgan fingerprint density at radius 1 is 0.254 bits per heavy atom. The predicted molar refractivity (Wildman–Crippen MR) is 270 cm³/mol. The third kappa shape index (κ3) is 113. The minimum atomic E-state index is 0.322. The van der Waals surface area contributed by atoms with Crippen molar-refractivity contribution >= 4 is 0 Å². The van der Waals surface area contributed by atoms with Crippen molar-refractivity contribution in [1.82, 2.24) is 0 Å². The molecular formula is C55H90O4. The Balaban J connectivity index is -0.0000000812. The summed E-state index contributed by atoms with van der Waals surface area (Å²) in [6.07, 6.45) is 0. The van der Waals surface area contributed by atoms with Crippen LogP contribution in [0.4, 0.5) is 0 Å². The molecule has 0 heterocycles. The lowest BCUT2D eigenvalue weighted by molar-refractivity contribution is 0.277. The monoisotopic (exact) mass is 815 g/mol. The van der Waals surface area contributed by atoms with E-state index in [1.165, 1.54) is 0 Å². The van der Waals surface area contributed by atoms with Crippen LogP contribution in [-0.2, 0) is 9.47 Å². The second-order valence-corrected chi connectivity index (χ2v) is 11.1. The van der Waals surface area contributed by atoms with Crippen molar-refractivity contribution in [1.29, 1.82) is 0 Å². The van der Waals surface area contributed by atoms with Gasteiger partial charge in [-0.15, -0.1) is 0 Å². The molecule has 4 nitrogen and oxygen atoms in total. The highest BCUT2D eigenvalue weighted by Crippen LogP contribution is 2.08. The Labute approximate surface area is 367 Å². The van der Waals surface area contributed by atoms with Crippen molar-refractivity contribution in [3.05, 3.63) is 206 Å². The molecule has 0 aromatic heterocycles. The highest BCUT2D eigenvalue weighted by Gasteiger charge is 1.95. The Bertz CT molecular complexity index is 1040. The second-order valence-electron chi connectivity index (χ2n) is 11.1. The average Bonchev–Trinajstić information content (AvgIpc) is 3.31. The fourth-order valence-electron chi connectivity index (χ4n) is 2.40. The van der Waals surface area contributed by atoms with Gasteiger partial charge in [-0.2, -0.15) is 0 Å². The number of ether oxygens (including phenoxy) is 2. The molecule has 0 fully saturated rings. The fourth-order valence-corrected chi connectivity index (χ4v) is 2.40. The standard InChI is InChI=1S/2C6H6O.4C6H6.C5H12.2C2H6O.5C2H6/c2*7-6-4-2-1-3-5-6;4*1-2-4-6-5-3-1;1-5(2,3)4;2*1-3-2;5*1-2/h2*1-5,7H;4*1-6H;1-4H3;2*1-2H3;5*1-2H3. The highest BCUT2D eigenvalue weighted by atomic mass is 16.5. The summed E-state index contributed by atoms with van der Waals surface area (Å²) >= 11 is 0. The maximum atomic E-state index is 8.63. The molecule has 0 aliphatic carbocycles. The molecule has 6 aromatic carbocycles. The van der Waals surface area contributed by atoms with E-state index in [2.05, 4.69) is 37.2 Å². The Morgan fingerprint density at radius 3 is 0.373 bits per heavy atom. The summed E-state index contributed by atoms with van der Waals surface area (Å²) in [7, 11) is 6.50. The SMILES string of the molecule is CC.CC.CC.CC.CC.CC(C)(C)C.COC.COC.Oc1ccccc1.Oc1ccccc1.c1ccccc1.c1ccccc1.c1ccccc1.c1ccccc1. The summed E-state index contributed by atoms with van der Waals surface area (Å²) in [5.74, 6) is 0.644. The average molecular weight is 815 g/mol. The minimum absolute atomic E-state index is 0.322. The lowest BCUT2D eigenvalue weighted by Gasteiger charge is -2.05. The van der Waals surface area contributed by atoms with Crippen LogP contribution in [0.1, 0.15) is 96.9 Å². The molecule has 6 aromatic rings. The van der Waals surface area contributed by atoms with Crippen LogP contribution in [0.3, 0.4) is 0 Å². The van der Waals surface area contributed by atoms with Crippen LogP contribution < -0.4 is 0 Å². The van der Waals surface area contributed by atoms with Crippen molar-refractivity contribution in [3.63, 3.8) is 0 Å². The van der Waals surface area contributed by atoms with E-state index in [1.807, 2.05) is 227 Å². The first-order chi connectivity index (χ1) is 28.6. The van der Waals surface area contributed by atoms with Gasteiger partial charge < -0.3 is 19.7 Å². The minimum Gasteiger partial charge on any atom is -0.508 e. The summed E-state index contributed by atoms with van der Waals surface area (Å²) in [6, 6.07) is 65.4. The largest absolute Gasteiger partial charge is 0.508 e. The van der Waals surface area contributed by atoms with Crippen LogP contribution >= 0.6 is 0 Å². The van der Waals surface area contributed by atoms with Gasteiger partial charge in [-0.05, 0) is 29.7 Å². The molecule has 0 amide bonds. The van der Waals surface area contributed by atoms with Gasteiger partial charge >= 0.3 is 0 Å². The Hall–Kier alpha value is -5.16. The van der Waals surface area contributed by atoms with Gasteiger partial charge in [0.05, 0.1) is 0 Å². The third-order valence-corrected chi connectivity index (χ3v) is 4.18. The normalized spacial score (nSPS) is 7.42. The van der Waals surface area contributed by atoms with Crippen molar-refractivity contribution < 1.29 is 19.7 Å². The molecule has 0 radical (unpaired) electrons. The fraction of sp³-hybridized carbons (Fsp3) is 0.345. The molecular weight excluding hydrogens is 725 g/mol. The lowest BCUT2D eigenvalue weighted by atomic mass is 10.0. The van der Waals surface area contributed by atoms with Gasteiger partial charge in [0, 0.05) is 28.4 Å². The number of hydrogen-bond donors (Lipinski definition) is 2. The topological polar surface area (TPSA) is 58.9 Å². The number of para-hydroxylation sites is 2. The number of benzene rings is 6. The first-order valence-corrected chi connectivity index (χ1v) is 20.9. The van der Waals surface area contributed by atoms with E-state index in [0.29, 0.717) is 16.9 Å². The maximum absolute atomic E-state index is 8.63. The summed E-state index contributed by atoms with van der Waals surface area (Å²) in [5, 5.41) is 17.3. The molecule has 4 heteroatoms. The van der Waals surface area contributed by atoms with Gasteiger partial charge in [0.2, 0.25) is 0 Å². The van der Waals surface area contributed by atoms with Crippen LogP contribution in [0.25, 0.3) is 0 Å². The number of methoxy groups -OCH3 is 2. The van der Waals surface area contributed by atoms with Gasteiger partial charge in [0.1, 0.15) is 11.5 Å². The van der Waals surface area contributed by atoms with E-state index < -0.39 is 0 Å². The van der Waals surface area contributed by atoms with Crippen molar-refractivity contribution in [3.8, 4) is 11.5 Å². The van der Waals surface area contributed by atoms with E-state index in [0.717, 1.165) is 0 Å². The molecule has 0 aliphatic rings. The summed E-state index contributed by atoms with van der Waals surface area (Å²) in [5.41, 5.74) is 0.500. The molecule has 6 rings (SSSR count). The molecule has 0 unspecified atom stereocenters. The highest BCUT2D eigenvalue weighted by molar-refractivity contribution is 5.19. The van der Waals surface area contributed by atoms with Gasteiger partial charge in [-0.3, -0.25) is 0 Å². The first kappa shape index (κ1) is 71.5. The van der Waals surface area contributed by atoms with Crippen LogP contribution in [0.5, 0.6) is 11.5 Å². The molecule has 0 saturated heterocycles. The van der Waals surface area contributed by atoms with Crippen LogP contribution in [0, 0.1) is 5.41 Å². The van der Waals surface area contributed by atoms with Crippen molar-refractivity contribution in [2.24, 2.45) is 5.41 Å². The van der Waals surface area contributed by atoms with Gasteiger partial charge in [0.15, 0.2) is 0 Å². The predicted octanol–water partition coefficient (Wildman–Crippen LogP) is 17.2. The molecule has 334 valence electrons. The number of phenolic OH excluding ortho intramolecular Hbond substituents is 2. The molecule has 0 aliphatic heterocycles. The number of aromatic hydroxyl groups is 2. The smallest absolute Gasteiger partial charge is 0.115 e. The Morgan fingerprint density at radius 2 is 0.322 bits per heavy atom. The van der Waals surface area contributed by atoms with E-state index >= 15 is 0 Å². The lowest BCUT2D eigenvalue weighted by Crippen LogP contribution is -1.93. The summed E-state index contributed by atoms with van der Waals surface area (Å²) in [6.45, 7) is 28.8. The molecule has 2 N–H and O–H groups in total. The second kappa shape index (κ2) is 77.4. The zero-order valence-corrected chi connectivity index (χ0v) is 40.8. The first-order valence-electron chi connectivity index (χ1n) is 20.9. The van der Waals surface area contributed by atoms with Gasteiger partial charge in [0.25, 0.3) is 0 Å². The van der Waals surface area contributed by atoms with E-state index in [1.54, 1.807) is 77.0 Å². The van der Waals surface area contributed by atoms with E-state index in [-0.39, 0.29) is 0 Å². The zero-order valence-electron chi connectivity index (χ0n) is 40.8. The van der Waals surface area contributed by atoms with Crippen molar-refractivity contribution in [2.45, 2.75) is 96.9 Å². The summed E-state index contributed by atoms with van der Waals surface area (Å²) in [4.78, 5) is 0. The molecule has 0 atom stereocenters. The molecule has 0 bridgehead atoms. The van der Waals surface area contributed by atoms with Gasteiger partial charge in [-0.25, -0.2) is 0 Å². The molecule has 0 saturated carbocycles. The van der Waals surface area contributed by atoms with Crippen LogP contribution in [-0.4, -0.2) is 38.7 Å². The maximum Gasteiger partial charge on any atom is 0.115 e. The van der Waals surface area contributed by atoms with Crippen LogP contribution in [0.2, 0.25) is 0 Å². The zero-order chi connectivity index (χ0) is 47.1. The number of hydrogen-bond acceptors (Lipinski definition) is 4. The number of rotatable bonds is 0. The third-order valence-electron chi connectivity index (χ3n) is 4.18. The number of phenols is 2. The van der Waals surface area contributed by atoms with E-state index in [9.17, 15) is 0 Å². The van der Waals surface area contributed by atoms with Crippen molar-refractivity contribution in [2.75, 3.05) is 28.4 Å². The quantitative estimate of drug-likeness (QED) is 0.160. The van der Waals surface area contributed by atoms with E-state index in [4.69, 9.17) is 10.2 Å². The Kier molecular flexibility index (Phi) is 93.8.